The molecule has 0 saturated carbocycles. The van der Waals surface area contributed by atoms with Crippen molar-refractivity contribution in [3.63, 3.8) is 0 Å². The van der Waals surface area contributed by atoms with Crippen LogP contribution in [0.15, 0.2) is 60.8 Å². The molecule has 3 atom stereocenters. The van der Waals surface area contributed by atoms with E-state index in [1.165, 1.54) is 4.90 Å². The number of likely N-dealkylation sites (tertiary alicyclic amines) is 1. The number of nitrogens with two attached hydrogens (primary N) is 1. The molecule has 6 N–H and O–H groups in total. The number of carboxylic acids is 1. The summed E-state index contributed by atoms with van der Waals surface area (Å²) < 4.78 is 0. The molecule has 0 spiro atoms. The van der Waals surface area contributed by atoms with Gasteiger partial charge in [0.1, 0.15) is 12.1 Å². The van der Waals surface area contributed by atoms with E-state index in [4.69, 9.17) is 5.73 Å². The molecule has 10 heteroatoms. The van der Waals surface area contributed by atoms with Crippen LogP contribution in [-0.4, -0.2) is 69.9 Å². The van der Waals surface area contributed by atoms with Crippen LogP contribution in [-0.2, 0) is 32.0 Å². The predicted octanol–water partition coefficient (Wildman–Crippen LogP) is 0.957. The summed E-state index contributed by atoms with van der Waals surface area (Å²) in [6.45, 7) is 0.0567. The van der Waals surface area contributed by atoms with Gasteiger partial charge in [-0.25, -0.2) is 4.79 Å². The molecule has 3 aromatic rings. The van der Waals surface area contributed by atoms with E-state index in [1.54, 1.807) is 24.3 Å². The third-order valence-corrected chi connectivity index (χ3v) is 6.64. The number of amides is 3. The average molecular weight is 506 g/mol. The molecular formula is C27H31N5O5. The van der Waals surface area contributed by atoms with Crippen LogP contribution >= 0.6 is 0 Å². The van der Waals surface area contributed by atoms with Gasteiger partial charge in [0.15, 0.2) is 0 Å². The van der Waals surface area contributed by atoms with Gasteiger partial charge < -0.3 is 31.4 Å². The van der Waals surface area contributed by atoms with Crippen LogP contribution < -0.4 is 16.4 Å². The Morgan fingerprint density at radius 1 is 1.05 bits per heavy atom. The number of carbonyl (C=O) groups excluding carboxylic acids is 3. The van der Waals surface area contributed by atoms with Gasteiger partial charge in [0.25, 0.3) is 0 Å². The van der Waals surface area contributed by atoms with E-state index < -0.39 is 41.8 Å². The fraction of sp³-hybridized carbons (Fsp3) is 0.333. The maximum absolute atomic E-state index is 12.9. The highest BCUT2D eigenvalue weighted by atomic mass is 16.4. The molecule has 37 heavy (non-hydrogen) atoms. The van der Waals surface area contributed by atoms with Crippen LogP contribution in [0.1, 0.15) is 24.0 Å². The Morgan fingerprint density at radius 3 is 2.54 bits per heavy atom. The van der Waals surface area contributed by atoms with Crippen molar-refractivity contribution < 1.29 is 24.3 Å². The van der Waals surface area contributed by atoms with Gasteiger partial charge in [-0.2, -0.15) is 0 Å². The van der Waals surface area contributed by atoms with Crippen molar-refractivity contribution in [3.05, 3.63) is 71.9 Å². The first-order chi connectivity index (χ1) is 17.8. The van der Waals surface area contributed by atoms with Crippen molar-refractivity contribution in [2.24, 2.45) is 5.73 Å². The largest absolute Gasteiger partial charge is 0.480 e. The second-order valence-corrected chi connectivity index (χ2v) is 9.22. The number of aliphatic carboxylic acids is 1. The Bertz CT molecular complexity index is 1270. The molecule has 3 amide bonds. The number of nitrogens with zero attached hydrogens (tertiary/aromatic N) is 1. The minimum atomic E-state index is -1.15. The molecule has 1 saturated heterocycles. The van der Waals surface area contributed by atoms with Gasteiger partial charge in [0.05, 0.1) is 12.6 Å². The molecule has 1 aliphatic rings. The summed E-state index contributed by atoms with van der Waals surface area (Å²) in [7, 11) is 0. The van der Waals surface area contributed by atoms with Gasteiger partial charge in [-0.15, -0.1) is 0 Å². The van der Waals surface area contributed by atoms with Crippen LogP contribution in [0.3, 0.4) is 0 Å². The number of aromatic amines is 1. The fourth-order valence-corrected chi connectivity index (χ4v) is 4.68. The van der Waals surface area contributed by atoms with Gasteiger partial charge in [-0.1, -0.05) is 48.5 Å². The van der Waals surface area contributed by atoms with Gasteiger partial charge in [-0.05, 0) is 36.5 Å². The van der Waals surface area contributed by atoms with E-state index in [1.807, 2.05) is 36.5 Å². The Hall–Kier alpha value is -4.18. The number of H-pyrrole nitrogens is 1. The van der Waals surface area contributed by atoms with E-state index in [0.29, 0.717) is 25.8 Å². The highest BCUT2D eigenvalue weighted by molar-refractivity contribution is 5.93. The fourth-order valence-electron chi connectivity index (χ4n) is 4.68. The lowest BCUT2D eigenvalue weighted by Crippen LogP contribution is -2.53. The molecule has 3 unspecified atom stereocenters. The first-order valence-corrected chi connectivity index (χ1v) is 12.3. The van der Waals surface area contributed by atoms with E-state index >= 15 is 0 Å². The Labute approximate surface area is 214 Å². The van der Waals surface area contributed by atoms with E-state index in [-0.39, 0.29) is 13.0 Å². The summed E-state index contributed by atoms with van der Waals surface area (Å²) in [5.41, 5.74) is 8.73. The number of hydrogen-bond donors (Lipinski definition) is 5. The van der Waals surface area contributed by atoms with Crippen molar-refractivity contribution in [2.75, 3.05) is 13.1 Å². The van der Waals surface area contributed by atoms with Crippen molar-refractivity contribution in [1.29, 1.82) is 0 Å². The van der Waals surface area contributed by atoms with E-state index in [2.05, 4.69) is 15.6 Å². The van der Waals surface area contributed by atoms with Crippen molar-refractivity contribution >= 4 is 34.6 Å². The standard InChI is InChI=1S/C27H31N5O5/c28-20(14-18-15-29-21-10-5-4-9-19(18)21)25(34)30-16-24(33)32-12-6-11-23(32)26(35)31-22(27(36)37)13-17-7-2-1-3-8-17/h1-5,7-10,15,20,22-23,29H,6,11-14,16,28H2,(H,30,34)(H,31,35)(H,36,37). The Balaban J connectivity index is 1.30. The first-order valence-electron chi connectivity index (χ1n) is 12.3. The van der Waals surface area contributed by atoms with Crippen LogP contribution in [0.4, 0.5) is 0 Å². The highest BCUT2D eigenvalue weighted by Gasteiger charge is 2.36. The molecule has 194 valence electrons. The molecule has 2 aromatic carbocycles. The lowest BCUT2D eigenvalue weighted by atomic mass is 10.1. The molecule has 0 radical (unpaired) electrons. The minimum Gasteiger partial charge on any atom is -0.480 e. The maximum atomic E-state index is 12.9. The van der Waals surface area contributed by atoms with Gasteiger partial charge in [0, 0.05) is 30.1 Å². The number of aromatic nitrogens is 1. The molecule has 1 aromatic heterocycles. The number of fused-ring (bicyclic) bond motifs is 1. The molecule has 1 aliphatic heterocycles. The molecule has 4 rings (SSSR count). The zero-order valence-electron chi connectivity index (χ0n) is 20.4. The lowest BCUT2D eigenvalue weighted by Gasteiger charge is -2.26. The van der Waals surface area contributed by atoms with Crippen LogP contribution in [0.5, 0.6) is 0 Å². The monoisotopic (exact) mass is 505 g/mol. The maximum Gasteiger partial charge on any atom is 0.326 e. The summed E-state index contributed by atoms with van der Waals surface area (Å²) in [5, 5.41) is 15.7. The Morgan fingerprint density at radius 2 is 1.78 bits per heavy atom. The summed E-state index contributed by atoms with van der Waals surface area (Å²) in [4.78, 5) is 54.6. The average Bonchev–Trinajstić information content (AvgIpc) is 3.55. The number of carbonyl (C=O) groups is 4. The highest BCUT2D eigenvalue weighted by Crippen LogP contribution is 2.20. The van der Waals surface area contributed by atoms with Crippen molar-refractivity contribution in [1.82, 2.24) is 20.5 Å². The second-order valence-electron chi connectivity index (χ2n) is 9.22. The summed E-state index contributed by atoms with van der Waals surface area (Å²) >= 11 is 0. The zero-order chi connectivity index (χ0) is 26.4. The van der Waals surface area contributed by atoms with Gasteiger partial charge in [0.2, 0.25) is 17.7 Å². The van der Waals surface area contributed by atoms with Crippen LogP contribution in [0.2, 0.25) is 0 Å². The van der Waals surface area contributed by atoms with E-state index in [9.17, 15) is 24.3 Å². The molecule has 1 fully saturated rings. The van der Waals surface area contributed by atoms with Gasteiger partial charge in [-0.3, -0.25) is 14.4 Å². The topological polar surface area (TPSA) is 158 Å². The summed E-state index contributed by atoms with van der Waals surface area (Å²) in [5.74, 6) is -2.55. The molecule has 0 aliphatic carbocycles. The molecule has 10 nitrogen and oxygen atoms in total. The number of rotatable bonds is 10. The minimum absolute atomic E-state index is 0.132. The molecule has 2 heterocycles. The molecule has 0 bridgehead atoms. The van der Waals surface area contributed by atoms with E-state index in [0.717, 1.165) is 22.0 Å². The van der Waals surface area contributed by atoms with Crippen LogP contribution in [0, 0.1) is 0 Å². The third-order valence-electron chi connectivity index (χ3n) is 6.64. The second kappa shape index (κ2) is 11.7. The first kappa shape index (κ1) is 25.9. The smallest absolute Gasteiger partial charge is 0.326 e. The van der Waals surface area contributed by atoms with Crippen molar-refractivity contribution in [2.45, 2.75) is 43.8 Å². The zero-order valence-corrected chi connectivity index (χ0v) is 20.4. The lowest BCUT2D eigenvalue weighted by molar-refractivity contribution is -0.144. The predicted molar refractivity (Wildman–Crippen MR) is 137 cm³/mol. The SMILES string of the molecule is NC(Cc1c[nH]c2ccccc12)C(=O)NCC(=O)N1CCCC1C(=O)NC(Cc1ccccc1)C(=O)O. The van der Waals surface area contributed by atoms with Crippen molar-refractivity contribution in [3.8, 4) is 0 Å². The number of benzene rings is 2. The normalized spacial score (nSPS) is 16.8. The Kier molecular flexibility index (Phi) is 8.19. The van der Waals surface area contributed by atoms with Gasteiger partial charge >= 0.3 is 5.97 Å². The number of hydrogen-bond acceptors (Lipinski definition) is 5. The number of carboxylic acid groups (broad SMARTS) is 1. The summed E-state index contributed by atoms with van der Waals surface area (Å²) in [6, 6.07) is 14.0. The quantitative estimate of drug-likeness (QED) is 0.276. The third kappa shape index (κ3) is 6.34. The number of nitrogens with one attached hydrogen (secondary N) is 3. The summed E-state index contributed by atoms with van der Waals surface area (Å²) in [6.07, 6.45) is 3.28. The number of para-hydroxylation sites is 1. The molecular weight excluding hydrogens is 474 g/mol. The van der Waals surface area contributed by atoms with Crippen LogP contribution in [0.25, 0.3) is 10.9 Å².